The van der Waals surface area contributed by atoms with Crippen LogP contribution in [0.2, 0.25) is 0 Å². The van der Waals surface area contributed by atoms with Crippen LogP contribution in [0, 0.1) is 46.5 Å². The van der Waals surface area contributed by atoms with Gasteiger partial charge in [-0.05, 0) is 0 Å². The molecule has 30 heavy (non-hydrogen) atoms. The van der Waals surface area contributed by atoms with E-state index in [1.54, 1.807) is 0 Å². The van der Waals surface area contributed by atoms with Crippen molar-refractivity contribution in [2.24, 2.45) is 0 Å². The summed E-state index contributed by atoms with van der Waals surface area (Å²) in [6.07, 6.45) is 0. The van der Waals surface area contributed by atoms with Crippen molar-refractivity contribution in [3.8, 4) is 11.1 Å². The molecule has 0 N–H and O–H groups in total. The second kappa shape index (κ2) is 10.7. The molecule has 0 aliphatic rings. The van der Waals surface area contributed by atoms with Gasteiger partial charge in [0.1, 0.15) is 0 Å². The highest BCUT2D eigenvalue weighted by molar-refractivity contribution is 8.00. The van der Waals surface area contributed by atoms with E-state index in [1.165, 1.54) is 27.7 Å². The van der Waals surface area contributed by atoms with Crippen molar-refractivity contribution >= 4 is 23.5 Å². The van der Waals surface area contributed by atoms with Crippen LogP contribution >= 0.6 is 23.5 Å². The predicted molar refractivity (Wildman–Crippen MR) is 107 cm³/mol. The van der Waals surface area contributed by atoms with Crippen molar-refractivity contribution in [3.63, 3.8) is 0 Å². The Morgan fingerprint density at radius 2 is 0.633 bits per heavy atom. The van der Waals surface area contributed by atoms with Crippen LogP contribution in [0.3, 0.4) is 0 Å². The van der Waals surface area contributed by atoms with Crippen LogP contribution in [0.15, 0.2) is 9.79 Å². The normalized spacial score (nSPS) is 11.0. The molecule has 0 nitrogen and oxygen atoms in total. The lowest BCUT2D eigenvalue weighted by molar-refractivity contribution is 0.414. The summed E-state index contributed by atoms with van der Waals surface area (Å²) in [4.78, 5) is -2.08. The van der Waals surface area contributed by atoms with Gasteiger partial charge < -0.3 is 0 Å². The van der Waals surface area contributed by atoms with Gasteiger partial charge in [-0.1, -0.05) is 42.5 Å². The van der Waals surface area contributed by atoms with E-state index < -0.39 is 78.0 Å². The summed E-state index contributed by atoms with van der Waals surface area (Å²) in [6, 6.07) is 0. The molecule has 0 saturated carbocycles. The second-order valence-electron chi connectivity index (χ2n) is 6.25. The third-order valence-corrected chi connectivity index (χ3v) is 5.53. The molecule has 2 rings (SSSR count). The first kappa shape index (κ1) is 28.6. The van der Waals surface area contributed by atoms with Crippen molar-refractivity contribution in [2.45, 2.75) is 62.8 Å². The highest BCUT2D eigenvalue weighted by Crippen LogP contribution is 2.42. The standard InChI is InChI=1S/C18H14F8S2.2CH4/c1-5(2)27-17-13(23)9(19)7(10(20)14(17)24)8-11(21)15(25)18(28-6(3)4)16(26)12(8)22;;/h5-6H,1-4H3;2*1H4. The smallest absolute Gasteiger partial charge is 0.176 e. The van der Waals surface area contributed by atoms with Crippen LogP contribution in [0.4, 0.5) is 35.1 Å². The lowest BCUT2D eigenvalue weighted by atomic mass is 10.0. The molecule has 0 amide bonds. The minimum Gasteiger partial charge on any atom is -0.203 e. The highest BCUT2D eigenvalue weighted by atomic mass is 32.2. The van der Waals surface area contributed by atoms with Gasteiger partial charge in [0.25, 0.3) is 0 Å². The molecule has 0 aliphatic carbocycles. The molecule has 0 radical (unpaired) electrons. The van der Waals surface area contributed by atoms with Crippen LogP contribution in [0.5, 0.6) is 0 Å². The number of hydrogen-bond donors (Lipinski definition) is 0. The number of halogens is 8. The van der Waals surface area contributed by atoms with Gasteiger partial charge >= 0.3 is 0 Å². The predicted octanol–water partition coefficient (Wildman–Crippen LogP) is 8.74. The number of thioether (sulfide) groups is 2. The molecule has 0 atom stereocenters. The first-order valence-electron chi connectivity index (χ1n) is 7.95. The molecule has 2 aromatic rings. The molecular weight excluding hydrogens is 456 g/mol. The van der Waals surface area contributed by atoms with E-state index in [0.717, 1.165) is 0 Å². The Kier molecular flexibility index (Phi) is 10.2. The quantitative estimate of drug-likeness (QED) is 0.239. The van der Waals surface area contributed by atoms with E-state index in [4.69, 9.17) is 0 Å². The van der Waals surface area contributed by atoms with E-state index in [9.17, 15) is 35.1 Å². The highest BCUT2D eigenvalue weighted by Gasteiger charge is 2.34. The van der Waals surface area contributed by atoms with Crippen LogP contribution in [0.1, 0.15) is 42.5 Å². The van der Waals surface area contributed by atoms with E-state index in [0.29, 0.717) is 23.5 Å². The maximum absolute atomic E-state index is 14.4. The summed E-state index contributed by atoms with van der Waals surface area (Å²) >= 11 is 0.878. The second-order valence-corrected chi connectivity index (χ2v) is 9.43. The van der Waals surface area contributed by atoms with Crippen LogP contribution in [-0.4, -0.2) is 10.5 Å². The minimum atomic E-state index is -2.15. The average molecular weight is 479 g/mol. The van der Waals surface area contributed by atoms with E-state index >= 15 is 0 Å². The lowest BCUT2D eigenvalue weighted by Crippen LogP contribution is -2.09. The van der Waals surface area contributed by atoms with Gasteiger partial charge in [0.2, 0.25) is 0 Å². The first-order chi connectivity index (χ1) is 12.9. The molecule has 0 saturated heterocycles. The molecule has 0 aromatic heterocycles. The zero-order valence-electron chi connectivity index (χ0n) is 15.0. The Hall–Kier alpha value is -1.42. The Bertz CT molecular complexity index is 792. The summed E-state index contributed by atoms with van der Waals surface area (Å²) < 4.78 is 114. The Balaban J connectivity index is 0.00000420. The van der Waals surface area contributed by atoms with Gasteiger partial charge in [0.15, 0.2) is 46.5 Å². The molecule has 170 valence electrons. The molecule has 0 spiro atoms. The third kappa shape index (κ3) is 5.07. The summed E-state index contributed by atoms with van der Waals surface area (Å²) in [6.45, 7) is 5.95. The van der Waals surface area contributed by atoms with E-state index in [2.05, 4.69) is 0 Å². The Morgan fingerprint density at radius 3 is 0.800 bits per heavy atom. The molecule has 10 heteroatoms. The van der Waals surface area contributed by atoms with Gasteiger partial charge in [-0.2, -0.15) is 0 Å². The number of rotatable bonds is 5. The van der Waals surface area contributed by atoms with Crippen LogP contribution in [0.25, 0.3) is 11.1 Å². The summed E-state index contributed by atoms with van der Waals surface area (Å²) in [7, 11) is 0. The fourth-order valence-corrected chi connectivity index (χ4v) is 4.06. The molecule has 0 bridgehead atoms. The first-order valence-corrected chi connectivity index (χ1v) is 9.71. The Morgan fingerprint density at radius 1 is 0.433 bits per heavy atom. The molecule has 2 aromatic carbocycles. The maximum Gasteiger partial charge on any atom is 0.176 e. The van der Waals surface area contributed by atoms with Gasteiger partial charge in [-0.15, -0.1) is 23.5 Å². The Labute approximate surface area is 179 Å². The summed E-state index contributed by atoms with van der Waals surface area (Å²) in [5.74, 6) is -16.2. The van der Waals surface area contributed by atoms with E-state index in [-0.39, 0.29) is 14.9 Å². The average Bonchev–Trinajstić information content (AvgIpc) is 2.61. The topological polar surface area (TPSA) is 0 Å². The number of benzene rings is 2. The third-order valence-electron chi connectivity index (χ3n) is 3.40. The van der Waals surface area contributed by atoms with Gasteiger partial charge in [-0.3, -0.25) is 0 Å². The van der Waals surface area contributed by atoms with Crippen molar-refractivity contribution in [1.82, 2.24) is 0 Å². The minimum absolute atomic E-state index is 0. The molecule has 0 heterocycles. The van der Waals surface area contributed by atoms with Gasteiger partial charge in [0.05, 0.1) is 20.9 Å². The van der Waals surface area contributed by atoms with Crippen LogP contribution in [-0.2, 0) is 0 Å². The maximum atomic E-state index is 14.4. The van der Waals surface area contributed by atoms with Gasteiger partial charge in [-0.25, -0.2) is 35.1 Å². The van der Waals surface area contributed by atoms with Gasteiger partial charge in [0, 0.05) is 10.5 Å². The van der Waals surface area contributed by atoms with Crippen molar-refractivity contribution in [3.05, 3.63) is 46.5 Å². The van der Waals surface area contributed by atoms with Crippen molar-refractivity contribution < 1.29 is 35.1 Å². The van der Waals surface area contributed by atoms with E-state index in [1.807, 2.05) is 0 Å². The van der Waals surface area contributed by atoms with Crippen molar-refractivity contribution in [2.75, 3.05) is 0 Å². The fourth-order valence-electron chi connectivity index (χ4n) is 2.34. The zero-order chi connectivity index (χ0) is 21.5. The van der Waals surface area contributed by atoms with Crippen molar-refractivity contribution in [1.29, 1.82) is 0 Å². The van der Waals surface area contributed by atoms with Crippen LogP contribution < -0.4 is 0 Å². The number of hydrogen-bond acceptors (Lipinski definition) is 2. The summed E-state index contributed by atoms with van der Waals surface area (Å²) in [5, 5.41) is -0.964. The monoisotopic (exact) mass is 478 g/mol. The fraction of sp³-hybridized carbons (Fsp3) is 0.400. The largest absolute Gasteiger partial charge is 0.203 e. The molecule has 0 unspecified atom stereocenters. The zero-order valence-corrected chi connectivity index (χ0v) is 16.6. The lowest BCUT2D eigenvalue weighted by Gasteiger charge is -2.16. The molecule has 0 aliphatic heterocycles. The SMILES string of the molecule is C.C.CC(C)Sc1c(F)c(F)c(-c2c(F)c(F)c(SC(C)C)c(F)c2F)c(F)c1F. The molecule has 0 fully saturated rings. The summed E-state index contributed by atoms with van der Waals surface area (Å²) in [5.41, 5.74) is -3.70. The molecular formula is C20H22F8S2.